The second kappa shape index (κ2) is 7.23. The molecule has 2 N–H and O–H groups in total. The normalized spacial score (nSPS) is 23.7. The van der Waals surface area contributed by atoms with Crippen LogP contribution in [-0.4, -0.2) is 47.6 Å². The average molecular weight is 351 g/mol. The molecule has 1 unspecified atom stereocenters. The minimum atomic E-state index is 0.383. The van der Waals surface area contributed by atoms with Crippen molar-refractivity contribution < 1.29 is 0 Å². The zero-order valence-electron chi connectivity index (χ0n) is 15.7. The highest BCUT2D eigenvalue weighted by molar-refractivity contribution is 5.45. The van der Waals surface area contributed by atoms with Gasteiger partial charge < -0.3 is 15.5 Å². The molecule has 2 aromatic rings. The van der Waals surface area contributed by atoms with Gasteiger partial charge in [-0.05, 0) is 44.7 Å². The Kier molecular flexibility index (Phi) is 4.81. The number of aromatic nitrogens is 2. The van der Waals surface area contributed by atoms with Crippen molar-refractivity contribution in [3.8, 4) is 0 Å². The third-order valence-electron chi connectivity index (χ3n) is 5.92. The minimum Gasteiger partial charge on any atom is -0.368 e. The molecular weight excluding hydrogens is 322 g/mol. The summed E-state index contributed by atoms with van der Waals surface area (Å²) < 4.78 is 0. The van der Waals surface area contributed by atoms with E-state index in [1.165, 1.54) is 37.9 Å². The van der Waals surface area contributed by atoms with Crippen LogP contribution in [-0.2, 0) is 6.42 Å². The van der Waals surface area contributed by atoms with E-state index in [0.29, 0.717) is 11.4 Å². The number of anilines is 2. The smallest absolute Gasteiger partial charge is 0.222 e. The summed E-state index contributed by atoms with van der Waals surface area (Å²) in [6.45, 7) is 7.74. The summed E-state index contributed by atoms with van der Waals surface area (Å²) in [4.78, 5) is 13.7. The molecular formula is C21H29N5. The van der Waals surface area contributed by atoms with Crippen molar-refractivity contribution in [3.63, 3.8) is 0 Å². The van der Waals surface area contributed by atoms with Crippen molar-refractivity contribution >= 4 is 11.8 Å². The SMILES string of the molecule is Cc1cc(N2CCC3(CCCN(CCc4ccccc4)C3)C2)nc(N)n1. The lowest BCUT2D eigenvalue weighted by molar-refractivity contribution is 0.106. The number of piperidine rings is 1. The van der Waals surface area contributed by atoms with Gasteiger partial charge in [-0.15, -0.1) is 0 Å². The number of aryl methyl sites for hydroxylation is 1. The van der Waals surface area contributed by atoms with E-state index in [2.05, 4.69) is 56.2 Å². The molecule has 2 saturated heterocycles. The van der Waals surface area contributed by atoms with Crippen LogP contribution in [0, 0.1) is 12.3 Å². The fraction of sp³-hybridized carbons (Fsp3) is 0.524. The molecule has 5 heteroatoms. The van der Waals surface area contributed by atoms with Gasteiger partial charge in [-0.3, -0.25) is 0 Å². The van der Waals surface area contributed by atoms with Crippen LogP contribution in [0.15, 0.2) is 36.4 Å². The first-order valence-corrected chi connectivity index (χ1v) is 9.74. The maximum atomic E-state index is 5.86. The van der Waals surface area contributed by atoms with Gasteiger partial charge in [0.15, 0.2) is 0 Å². The van der Waals surface area contributed by atoms with Crippen LogP contribution in [0.3, 0.4) is 0 Å². The van der Waals surface area contributed by atoms with E-state index >= 15 is 0 Å². The Bertz CT molecular complexity index is 727. The topological polar surface area (TPSA) is 58.3 Å². The maximum Gasteiger partial charge on any atom is 0.222 e. The lowest BCUT2D eigenvalue weighted by Gasteiger charge is -2.40. The van der Waals surface area contributed by atoms with Crippen molar-refractivity contribution in [2.45, 2.75) is 32.6 Å². The van der Waals surface area contributed by atoms with E-state index < -0.39 is 0 Å². The van der Waals surface area contributed by atoms with Crippen LogP contribution < -0.4 is 10.6 Å². The predicted molar refractivity (Wildman–Crippen MR) is 106 cm³/mol. The number of rotatable bonds is 4. The number of hydrogen-bond acceptors (Lipinski definition) is 5. The summed E-state index contributed by atoms with van der Waals surface area (Å²) in [6, 6.07) is 12.9. The number of nitrogens with zero attached hydrogens (tertiary/aromatic N) is 4. The molecule has 1 aromatic carbocycles. The second-order valence-electron chi connectivity index (χ2n) is 8.01. The summed E-state index contributed by atoms with van der Waals surface area (Å²) in [5, 5.41) is 0. The van der Waals surface area contributed by atoms with Crippen LogP contribution >= 0.6 is 0 Å². The Morgan fingerprint density at radius 3 is 2.73 bits per heavy atom. The first-order valence-electron chi connectivity index (χ1n) is 9.74. The molecule has 1 aromatic heterocycles. The molecule has 1 atom stereocenters. The highest BCUT2D eigenvalue weighted by atomic mass is 15.3. The van der Waals surface area contributed by atoms with E-state index in [-0.39, 0.29) is 0 Å². The number of hydrogen-bond donors (Lipinski definition) is 1. The molecule has 138 valence electrons. The van der Waals surface area contributed by atoms with E-state index in [1.807, 2.05) is 6.92 Å². The lowest BCUT2D eigenvalue weighted by Crippen LogP contribution is -2.45. The van der Waals surface area contributed by atoms with Gasteiger partial charge in [0.2, 0.25) is 5.95 Å². The molecule has 0 saturated carbocycles. The molecule has 2 aliphatic heterocycles. The largest absolute Gasteiger partial charge is 0.368 e. The van der Waals surface area contributed by atoms with Gasteiger partial charge in [-0.1, -0.05) is 30.3 Å². The van der Waals surface area contributed by atoms with Gasteiger partial charge in [0.25, 0.3) is 0 Å². The molecule has 0 radical (unpaired) electrons. The fourth-order valence-electron chi connectivity index (χ4n) is 4.63. The molecule has 2 fully saturated rings. The molecule has 26 heavy (non-hydrogen) atoms. The van der Waals surface area contributed by atoms with Gasteiger partial charge in [-0.2, -0.15) is 4.98 Å². The third-order valence-corrected chi connectivity index (χ3v) is 5.92. The molecule has 4 rings (SSSR count). The quantitative estimate of drug-likeness (QED) is 0.918. The fourth-order valence-corrected chi connectivity index (χ4v) is 4.63. The molecule has 5 nitrogen and oxygen atoms in total. The van der Waals surface area contributed by atoms with Crippen molar-refractivity contribution in [3.05, 3.63) is 47.7 Å². The standard InChI is InChI=1S/C21H29N5/c1-17-14-19(24-20(22)23-17)26-13-10-21(16-26)9-5-11-25(15-21)12-8-18-6-3-2-4-7-18/h2-4,6-7,14H,5,8-13,15-16H2,1H3,(H2,22,23,24). The summed E-state index contributed by atoms with van der Waals surface area (Å²) in [5.41, 5.74) is 8.65. The number of benzene rings is 1. The van der Waals surface area contributed by atoms with E-state index in [9.17, 15) is 0 Å². The molecule has 0 amide bonds. The van der Waals surface area contributed by atoms with Crippen molar-refractivity contribution in [2.24, 2.45) is 5.41 Å². The number of nitrogen functional groups attached to an aromatic ring is 1. The molecule has 0 bridgehead atoms. The highest BCUT2D eigenvalue weighted by Crippen LogP contribution is 2.40. The van der Waals surface area contributed by atoms with Crippen molar-refractivity contribution in [1.29, 1.82) is 0 Å². The zero-order chi connectivity index (χ0) is 18.0. The van der Waals surface area contributed by atoms with E-state index in [4.69, 9.17) is 5.73 Å². The Labute approximate surface area is 156 Å². The van der Waals surface area contributed by atoms with Crippen molar-refractivity contribution in [1.82, 2.24) is 14.9 Å². The minimum absolute atomic E-state index is 0.383. The van der Waals surface area contributed by atoms with Crippen LogP contribution in [0.25, 0.3) is 0 Å². The summed E-state index contributed by atoms with van der Waals surface area (Å²) in [6.07, 6.45) is 5.01. The number of nitrogens with two attached hydrogens (primary N) is 1. The molecule has 0 aliphatic carbocycles. The van der Waals surface area contributed by atoms with Gasteiger partial charge in [0.1, 0.15) is 5.82 Å². The maximum absolute atomic E-state index is 5.86. The monoisotopic (exact) mass is 351 g/mol. The third kappa shape index (κ3) is 3.83. The summed E-state index contributed by atoms with van der Waals surface area (Å²) >= 11 is 0. The van der Waals surface area contributed by atoms with Crippen molar-refractivity contribution in [2.75, 3.05) is 43.4 Å². The first kappa shape index (κ1) is 17.3. The molecule has 1 spiro atoms. The molecule has 2 aliphatic rings. The van der Waals surface area contributed by atoms with Crippen LogP contribution in [0.4, 0.5) is 11.8 Å². The van der Waals surface area contributed by atoms with Gasteiger partial charge in [-0.25, -0.2) is 4.98 Å². The molecule has 3 heterocycles. The number of likely N-dealkylation sites (tertiary alicyclic amines) is 1. The Morgan fingerprint density at radius 1 is 1.08 bits per heavy atom. The van der Waals surface area contributed by atoms with E-state index in [0.717, 1.165) is 37.6 Å². The van der Waals surface area contributed by atoms with E-state index in [1.54, 1.807) is 0 Å². The average Bonchev–Trinajstić information content (AvgIpc) is 3.03. The zero-order valence-corrected chi connectivity index (χ0v) is 15.7. The lowest BCUT2D eigenvalue weighted by atomic mass is 9.79. The van der Waals surface area contributed by atoms with Crippen LogP contribution in [0.5, 0.6) is 0 Å². The van der Waals surface area contributed by atoms with Crippen LogP contribution in [0.2, 0.25) is 0 Å². The van der Waals surface area contributed by atoms with Gasteiger partial charge in [0, 0.05) is 43.4 Å². The summed E-state index contributed by atoms with van der Waals surface area (Å²) in [5.74, 6) is 1.38. The second-order valence-corrected chi connectivity index (χ2v) is 8.01. The first-order chi connectivity index (χ1) is 12.6. The van der Waals surface area contributed by atoms with Crippen LogP contribution in [0.1, 0.15) is 30.5 Å². The van der Waals surface area contributed by atoms with Gasteiger partial charge >= 0.3 is 0 Å². The van der Waals surface area contributed by atoms with Gasteiger partial charge in [0.05, 0.1) is 0 Å². The Hall–Kier alpha value is -2.14. The highest BCUT2D eigenvalue weighted by Gasteiger charge is 2.41. The Balaban J connectivity index is 1.39. The Morgan fingerprint density at radius 2 is 1.92 bits per heavy atom. The predicted octanol–water partition coefficient (Wildman–Crippen LogP) is 2.90. The summed E-state index contributed by atoms with van der Waals surface area (Å²) in [7, 11) is 0.